The number of pyridine rings is 1. The first-order valence-corrected chi connectivity index (χ1v) is 10.2. The minimum absolute atomic E-state index is 0.0212. The Balaban J connectivity index is 1.34. The molecule has 4 aromatic rings. The van der Waals surface area contributed by atoms with E-state index >= 15 is 0 Å². The van der Waals surface area contributed by atoms with Gasteiger partial charge in [-0.25, -0.2) is 4.98 Å². The summed E-state index contributed by atoms with van der Waals surface area (Å²) in [6.45, 7) is 3.23. The van der Waals surface area contributed by atoms with Crippen LogP contribution in [0.3, 0.4) is 0 Å². The monoisotopic (exact) mass is 405 g/mol. The largest absolute Gasteiger partial charge is 0.440 e. The van der Waals surface area contributed by atoms with E-state index in [1.165, 1.54) is 0 Å². The number of benzene rings is 2. The topological polar surface area (TPSA) is 59.2 Å². The number of hydrogen-bond acceptors (Lipinski definition) is 4. The molecule has 0 N–H and O–H groups in total. The molecule has 0 atom stereocenters. The van der Waals surface area contributed by atoms with Gasteiger partial charge in [-0.1, -0.05) is 23.7 Å². The number of fused-ring (bicyclic) bond motifs is 2. The van der Waals surface area contributed by atoms with Gasteiger partial charge in [0.2, 0.25) is 0 Å². The van der Waals surface area contributed by atoms with E-state index in [4.69, 9.17) is 16.0 Å². The van der Waals surface area contributed by atoms with Crippen molar-refractivity contribution >= 4 is 39.5 Å². The fourth-order valence-electron chi connectivity index (χ4n) is 4.02. The number of likely N-dealkylation sites (tertiary alicyclic amines) is 1. The molecule has 1 saturated heterocycles. The number of piperidine rings is 1. The molecule has 0 unspecified atom stereocenters. The van der Waals surface area contributed by atoms with Gasteiger partial charge in [0.15, 0.2) is 11.5 Å². The van der Waals surface area contributed by atoms with Crippen molar-refractivity contribution in [1.82, 2.24) is 14.9 Å². The maximum atomic E-state index is 13.1. The van der Waals surface area contributed by atoms with Crippen molar-refractivity contribution in [3.05, 3.63) is 70.7 Å². The molecule has 1 amide bonds. The van der Waals surface area contributed by atoms with Crippen LogP contribution in [0.15, 0.2) is 52.9 Å². The molecule has 1 aliphatic rings. The van der Waals surface area contributed by atoms with Crippen molar-refractivity contribution in [3.63, 3.8) is 0 Å². The summed E-state index contributed by atoms with van der Waals surface area (Å²) in [7, 11) is 0. The van der Waals surface area contributed by atoms with Gasteiger partial charge in [0, 0.05) is 29.4 Å². The highest BCUT2D eigenvalue weighted by Crippen LogP contribution is 2.31. The van der Waals surface area contributed by atoms with Crippen LogP contribution in [0.5, 0.6) is 0 Å². The number of carbonyl (C=O) groups is 1. The molecule has 1 aliphatic heterocycles. The summed E-state index contributed by atoms with van der Waals surface area (Å²) < 4.78 is 5.93. The number of carbonyl (C=O) groups excluding carboxylic acids is 1. The Morgan fingerprint density at radius 3 is 2.66 bits per heavy atom. The fraction of sp³-hybridized carbons (Fsp3) is 0.261. The predicted molar refractivity (Wildman–Crippen MR) is 113 cm³/mol. The minimum atomic E-state index is 0.0212. The lowest BCUT2D eigenvalue weighted by Crippen LogP contribution is -2.38. The van der Waals surface area contributed by atoms with E-state index in [-0.39, 0.29) is 11.8 Å². The Kier molecular flexibility index (Phi) is 4.47. The van der Waals surface area contributed by atoms with E-state index in [0.717, 1.165) is 46.4 Å². The van der Waals surface area contributed by atoms with E-state index in [1.54, 1.807) is 0 Å². The minimum Gasteiger partial charge on any atom is -0.440 e. The number of aromatic nitrogens is 2. The van der Waals surface area contributed by atoms with Crippen molar-refractivity contribution in [2.24, 2.45) is 0 Å². The summed E-state index contributed by atoms with van der Waals surface area (Å²) in [6, 6.07) is 15.3. The van der Waals surface area contributed by atoms with Gasteiger partial charge in [-0.15, -0.1) is 0 Å². The zero-order valence-corrected chi connectivity index (χ0v) is 16.8. The van der Waals surface area contributed by atoms with Crippen LogP contribution in [0.4, 0.5) is 0 Å². The number of para-hydroxylation sites is 2. The van der Waals surface area contributed by atoms with Gasteiger partial charge in [0.1, 0.15) is 5.52 Å². The summed E-state index contributed by atoms with van der Waals surface area (Å²) in [5.41, 5.74) is 3.93. The van der Waals surface area contributed by atoms with E-state index in [0.29, 0.717) is 23.7 Å². The highest BCUT2D eigenvalue weighted by molar-refractivity contribution is 6.31. The summed E-state index contributed by atoms with van der Waals surface area (Å²) in [5, 5.41) is 1.52. The van der Waals surface area contributed by atoms with Crippen molar-refractivity contribution in [2.75, 3.05) is 13.1 Å². The second kappa shape index (κ2) is 7.16. The lowest BCUT2D eigenvalue weighted by molar-refractivity contribution is 0.0705. The number of aryl methyl sites for hydroxylation is 1. The molecule has 29 heavy (non-hydrogen) atoms. The lowest BCUT2D eigenvalue weighted by Gasteiger charge is -2.31. The van der Waals surface area contributed by atoms with Gasteiger partial charge >= 0.3 is 0 Å². The smallest absolute Gasteiger partial charge is 0.255 e. The number of amides is 1. The Bertz CT molecular complexity index is 1190. The molecule has 146 valence electrons. The molecule has 1 fully saturated rings. The van der Waals surface area contributed by atoms with Crippen LogP contribution in [0.2, 0.25) is 5.02 Å². The van der Waals surface area contributed by atoms with Crippen molar-refractivity contribution in [1.29, 1.82) is 0 Å². The van der Waals surface area contributed by atoms with Gasteiger partial charge in [0.05, 0.1) is 16.8 Å². The van der Waals surface area contributed by atoms with Crippen LogP contribution in [-0.4, -0.2) is 33.9 Å². The lowest BCUT2D eigenvalue weighted by atomic mass is 9.96. The number of nitrogens with zero attached hydrogens (tertiary/aromatic N) is 3. The van der Waals surface area contributed by atoms with E-state index < -0.39 is 0 Å². The van der Waals surface area contributed by atoms with E-state index in [1.807, 2.05) is 60.4 Å². The zero-order valence-electron chi connectivity index (χ0n) is 16.1. The zero-order chi connectivity index (χ0) is 20.0. The molecule has 5 nitrogen and oxygen atoms in total. The third-order valence-corrected chi connectivity index (χ3v) is 5.87. The van der Waals surface area contributed by atoms with Crippen LogP contribution in [0, 0.1) is 6.92 Å². The molecule has 0 spiro atoms. The van der Waals surface area contributed by atoms with Crippen molar-refractivity contribution < 1.29 is 9.21 Å². The summed E-state index contributed by atoms with van der Waals surface area (Å²) in [4.78, 5) is 24.3. The molecule has 0 saturated carbocycles. The summed E-state index contributed by atoms with van der Waals surface area (Å²) in [5.74, 6) is 1.03. The standard InChI is InChI=1S/C23H20ClN3O2/c1-14-18(13-16-12-17(24)6-7-19(16)25-14)23(28)27-10-8-15(9-11-27)22-26-20-4-2-3-5-21(20)29-22/h2-7,12-13,15H,8-11H2,1H3. The first-order valence-electron chi connectivity index (χ1n) is 9.80. The summed E-state index contributed by atoms with van der Waals surface area (Å²) >= 11 is 6.10. The molecular weight excluding hydrogens is 386 g/mol. The maximum Gasteiger partial charge on any atom is 0.255 e. The van der Waals surface area contributed by atoms with Gasteiger partial charge in [0.25, 0.3) is 5.91 Å². The highest BCUT2D eigenvalue weighted by Gasteiger charge is 2.28. The fourth-order valence-corrected chi connectivity index (χ4v) is 4.21. The average molecular weight is 406 g/mol. The Labute approximate surface area is 173 Å². The van der Waals surface area contributed by atoms with E-state index in [9.17, 15) is 4.79 Å². The normalized spacial score (nSPS) is 15.3. The molecule has 5 rings (SSSR count). The molecular formula is C23H20ClN3O2. The average Bonchev–Trinajstić information content (AvgIpc) is 3.17. The number of halogens is 1. The Morgan fingerprint density at radius 1 is 1.07 bits per heavy atom. The predicted octanol–water partition coefficient (Wildman–Crippen LogP) is 5.36. The molecule has 3 heterocycles. The third-order valence-electron chi connectivity index (χ3n) is 5.64. The SMILES string of the molecule is Cc1nc2ccc(Cl)cc2cc1C(=O)N1CCC(c2nc3ccccc3o2)CC1. The van der Waals surface area contributed by atoms with Crippen molar-refractivity contribution in [3.8, 4) is 0 Å². The van der Waals surface area contributed by atoms with Crippen LogP contribution in [0.25, 0.3) is 22.0 Å². The molecule has 0 aliphatic carbocycles. The number of rotatable bonds is 2. The quantitative estimate of drug-likeness (QED) is 0.450. The third kappa shape index (κ3) is 3.36. The molecule has 2 aromatic heterocycles. The van der Waals surface area contributed by atoms with Crippen LogP contribution in [-0.2, 0) is 0 Å². The summed E-state index contributed by atoms with van der Waals surface area (Å²) in [6.07, 6.45) is 1.68. The highest BCUT2D eigenvalue weighted by atomic mass is 35.5. The maximum absolute atomic E-state index is 13.1. The Morgan fingerprint density at radius 2 is 1.86 bits per heavy atom. The molecule has 6 heteroatoms. The first kappa shape index (κ1) is 18.1. The Hall–Kier alpha value is -2.92. The van der Waals surface area contributed by atoms with E-state index in [2.05, 4.69) is 9.97 Å². The van der Waals surface area contributed by atoms with Crippen LogP contribution < -0.4 is 0 Å². The second-order valence-electron chi connectivity index (χ2n) is 7.54. The van der Waals surface area contributed by atoms with Crippen LogP contribution >= 0.6 is 11.6 Å². The molecule has 0 bridgehead atoms. The van der Waals surface area contributed by atoms with Crippen LogP contribution in [0.1, 0.15) is 40.7 Å². The molecule has 0 radical (unpaired) electrons. The van der Waals surface area contributed by atoms with Crippen molar-refractivity contribution in [2.45, 2.75) is 25.7 Å². The van der Waals surface area contributed by atoms with Gasteiger partial charge in [-0.05, 0) is 56.2 Å². The van der Waals surface area contributed by atoms with Gasteiger partial charge in [-0.2, -0.15) is 0 Å². The van der Waals surface area contributed by atoms with Gasteiger partial charge in [-0.3, -0.25) is 9.78 Å². The first-order chi connectivity index (χ1) is 14.1. The number of oxazole rings is 1. The molecule has 2 aromatic carbocycles. The van der Waals surface area contributed by atoms with Gasteiger partial charge < -0.3 is 9.32 Å². The second-order valence-corrected chi connectivity index (χ2v) is 7.98. The number of hydrogen-bond donors (Lipinski definition) is 0.